The number of ether oxygens (including phenoxy) is 1. The molecule has 0 fully saturated rings. The first-order chi connectivity index (χ1) is 14.0. The van der Waals surface area contributed by atoms with E-state index in [1.807, 2.05) is 18.2 Å². The van der Waals surface area contributed by atoms with Gasteiger partial charge in [-0.2, -0.15) is 0 Å². The summed E-state index contributed by atoms with van der Waals surface area (Å²) in [6.07, 6.45) is 0. The van der Waals surface area contributed by atoms with Gasteiger partial charge < -0.3 is 10.1 Å². The van der Waals surface area contributed by atoms with E-state index in [4.69, 9.17) is 21.5 Å². The maximum atomic E-state index is 12.5. The van der Waals surface area contributed by atoms with Crippen molar-refractivity contribution in [3.8, 4) is 5.88 Å². The highest BCUT2D eigenvalue weighted by molar-refractivity contribution is 6.30. The maximum absolute atomic E-state index is 12.5. The molecule has 0 aliphatic rings. The third kappa shape index (κ3) is 4.90. The van der Waals surface area contributed by atoms with Crippen LogP contribution in [-0.2, 0) is 4.79 Å². The molecule has 0 aliphatic heterocycles. The van der Waals surface area contributed by atoms with Gasteiger partial charge in [0.1, 0.15) is 5.15 Å². The van der Waals surface area contributed by atoms with Crippen molar-refractivity contribution in [1.82, 2.24) is 10.5 Å². The molecule has 1 heterocycles. The fourth-order valence-electron chi connectivity index (χ4n) is 2.88. The first-order valence-electron chi connectivity index (χ1n) is 8.63. The van der Waals surface area contributed by atoms with Crippen molar-refractivity contribution in [2.24, 2.45) is 0 Å². The molecule has 3 N–H and O–H groups in total. The van der Waals surface area contributed by atoms with Crippen LogP contribution in [0.3, 0.4) is 0 Å². The SMILES string of the molecule is COc1cc(C(=O)Nc2ccc(C(C(=O)NO)c3ccccc3)cc2)cc(Cl)n1. The van der Waals surface area contributed by atoms with Gasteiger partial charge in [-0.25, -0.2) is 10.5 Å². The summed E-state index contributed by atoms with van der Waals surface area (Å²) in [5.41, 5.74) is 3.93. The molecular weight excluding hydrogens is 394 g/mol. The number of rotatable bonds is 6. The Morgan fingerprint density at radius 2 is 1.69 bits per heavy atom. The first-order valence-corrected chi connectivity index (χ1v) is 9.01. The predicted octanol–water partition coefficient (Wildman–Crippen LogP) is 3.63. The summed E-state index contributed by atoms with van der Waals surface area (Å²) in [4.78, 5) is 28.6. The van der Waals surface area contributed by atoms with Crippen molar-refractivity contribution >= 4 is 29.1 Å². The molecule has 7 nitrogen and oxygen atoms in total. The number of anilines is 1. The number of hydrogen-bond acceptors (Lipinski definition) is 5. The average molecular weight is 412 g/mol. The lowest BCUT2D eigenvalue weighted by molar-refractivity contribution is -0.129. The van der Waals surface area contributed by atoms with E-state index in [1.54, 1.807) is 41.9 Å². The summed E-state index contributed by atoms with van der Waals surface area (Å²) in [7, 11) is 1.44. The molecule has 2 aromatic carbocycles. The third-order valence-electron chi connectivity index (χ3n) is 4.25. The number of hydrogen-bond donors (Lipinski definition) is 3. The third-order valence-corrected chi connectivity index (χ3v) is 4.44. The van der Waals surface area contributed by atoms with Gasteiger partial charge in [0.2, 0.25) is 5.88 Å². The number of carbonyl (C=O) groups is 2. The van der Waals surface area contributed by atoms with E-state index in [2.05, 4.69) is 10.3 Å². The molecule has 0 saturated carbocycles. The lowest BCUT2D eigenvalue weighted by Gasteiger charge is -2.16. The molecule has 0 radical (unpaired) electrons. The quantitative estimate of drug-likeness (QED) is 0.326. The highest BCUT2D eigenvalue weighted by Gasteiger charge is 2.22. The minimum atomic E-state index is -0.686. The van der Waals surface area contributed by atoms with E-state index in [0.29, 0.717) is 16.8 Å². The second kappa shape index (κ2) is 9.18. The van der Waals surface area contributed by atoms with Gasteiger partial charge in [0.05, 0.1) is 13.0 Å². The number of hydroxylamine groups is 1. The lowest BCUT2D eigenvalue weighted by atomic mass is 9.90. The molecule has 2 amide bonds. The largest absolute Gasteiger partial charge is 0.481 e. The summed E-state index contributed by atoms with van der Waals surface area (Å²) >= 11 is 5.90. The molecule has 148 valence electrons. The second-order valence-corrected chi connectivity index (χ2v) is 6.50. The summed E-state index contributed by atoms with van der Waals surface area (Å²) in [6.45, 7) is 0. The Bertz CT molecular complexity index is 1010. The van der Waals surface area contributed by atoms with E-state index >= 15 is 0 Å². The molecule has 0 bridgehead atoms. The van der Waals surface area contributed by atoms with Crippen molar-refractivity contribution in [2.45, 2.75) is 5.92 Å². The minimum absolute atomic E-state index is 0.144. The first kappa shape index (κ1) is 20.3. The number of aromatic nitrogens is 1. The smallest absolute Gasteiger partial charge is 0.255 e. The maximum Gasteiger partial charge on any atom is 0.255 e. The van der Waals surface area contributed by atoms with Crippen LogP contribution < -0.4 is 15.5 Å². The molecule has 0 aliphatic carbocycles. The van der Waals surface area contributed by atoms with Gasteiger partial charge >= 0.3 is 0 Å². The summed E-state index contributed by atoms with van der Waals surface area (Å²) in [5.74, 6) is -1.38. The summed E-state index contributed by atoms with van der Waals surface area (Å²) in [6, 6.07) is 18.8. The normalized spacial score (nSPS) is 11.4. The standard InChI is InChI=1S/C21H18ClN3O4/c1-29-18-12-15(11-17(22)24-18)20(26)23-16-9-7-14(8-10-16)19(21(27)25-28)13-5-3-2-4-6-13/h2-12,19,28H,1H3,(H,23,26)(H,25,27). The number of carbonyl (C=O) groups excluding carboxylic acids is 2. The second-order valence-electron chi connectivity index (χ2n) is 6.12. The Labute approximate surface area is 172 Å². The minimum Gasteiger partial charge on any atom is -0.481 e. The Kier molecular flexibility index (Phi) is 6.43. The van der Waals surface area contributed by atoms with E-state index in [1.165, 1.54) is 19.2 Å². The zero-order valence-electron chi connectivity index (χ0n) is 15.4. The number of amides is 2. The monoisotopic (exact) mass is 411 g/mol. The van der Waals surface area contributed by atoms with Gasteiger partial charge in [0, 0.05) is 17.3 Å². The number of benzene rings is 2. The Balaban J connectivity index is 1.81. The van der Waals surface area contributed by atoms with Gasteiger partial charge in [0.15, 0.2) is 0 Å². The Hall–Kier alpha value is -3.42. The summed E-state index contributed by atoms with van der Waals surface area (Å²) < 4.78 is 5.02. The van der Waals surface area contributed by atoms with Crippen LogP contribution >= 0.6 is 11.6 Å². The molecular formula is C21H18ClN3O4. The van der Waals surface area contributed by atoms with Crippen molar-refractivity contribution < 1.29 is 19.5 Å². The topological polar surface area (TPSA) is 101 Å². The van der Waals surface area contributed by atoms with E-state index < -0.39 is 11.8 Å². The molecule has 29 heavy (non-hydrogen) atoms. The zero-order valence-corrected chi connectivity index (χ0v) is 16.2. The van der Waals surface area contributed by atoms with Crippen molar-refractivity contribution in [1.29, 1.82) is 0 Å². The molecule has 8 heteroatoms. The highest BCUT2D eigenvalue weighted by Crippen LogP contribution is 2.26. The number of pyridine rings is 1. The van der Waals surface area contributed by atoms with E-state index in [0.717, 1.165) is 5.56 Å². The van der Waals surface area contributed by atoms with Crippen molar-refractivity contribution in [3.63, 3.8) is 0 Å². The van der Waals surface area contributed by atoms with E-state index in [9.17, 15) is 9.59 Å². The van der Waals surface area contributed by atoms with Crippen LogP contribution in [0.5, 0.6) is 5.88 Å². The van der Waals surface area contributed by atoms with Crippen LogP contribution in [0.15, 0.2) is 66.7 Å². The molecule has 1 atom stereocenters. The predicted molar refractivity (Wildman–Crippen MR) is 108 cm³/mol. The molecule has 3 rings (SSSR count). The van der Waals surface area contributed by atoms with Crippen LogP contribution in [0.25, 0.3) is 0 Å². The van der Waals surface area contributed by atoms with Gasteiger partial charge in [0.25, 0.3) is 11.8 Å². The van der Waals surface area contributed by atoms with Crippen molar-refractivity contribution in [3.05, 3.63) is 88.6 Å². The van der Waals surface area contributed by atoms with Crippen LogP contribution in [0.1, 0.15) is 27.4 Å². The average Bonchev–Trinajstić information content (AvgIpc) is 2.75. The number of nitrogens with one attached hydrogen (secondary N) is 2. The molecule has 0 saturated heterocycles. The fraction of sp³-hybridized carbons (Fsp3) is 0.0952. The van der Waals surface area contributed by atoms with E-state index in [-0.39, 0.29) is 16.9 Å². The number of halogens is 1. The van der Waals surface area contributed by atoms with Gasteiger partial charge in [-0.1, -0.05) is 54.1 Å². The number of nitrogens with zero attached hydrogens (tertiary/aromatic N) is 1. The Morgan fingerprint density at radius 3 is 2.31 bits per heavy atom. The number of methoxy groups -OCH3 is 1. The molecule has 0 spiro atoms. The molecule has 1 aromatic heterocycles. The fourth-order valence-corrected chi connectivity index (χ4v) is 3.08. The van der Waals surface area contributed by atoms with Gasteiger partial charge in [-0.3, -0.25) is 14.8 Å². The Morgan fingerprint density at radius 1 is 1.03 bits per heavy atom. The summed E-state index contributed by atoms with van der Waals surface area (Å²) in [5, 5.41) is 12.0. The molecule has 3 aromatic rings. The van der Waals surface area contributed by atoms with Crippen molar-refractivity contribution in [2.75, 3.05) is 12.4 Å². The molecule has 1 unspecified atom stereocenters. The van der Waals surface area contributed by atoms with Crippen LogP contribution in [0.4, 0.5) is 5.69 Å². The van der Waals surface area contributed by atoms with Gasteiger partial charge in [-0.15, -0.1) is 0 Å². The van der Waals surface area contributed by atoms with Gasteiger partial charge in [-0.05, 0) is 29.3 Å². The zero-order chi connectivity index (χ0) is 20.8. The lowest BCUT2D eigenvalue weighted by Crippen LogP contribution is -2.27. The van der Waals surface area contributed by atoms with Crippen LogP contribution in [-0.4, -0.2) is 29.1 Å². The van der Waals surface area contributed by atoms with Crippen LogP contribution in [0, 0.1) is 0 Å². The van der Waals surface area contributed by atoms with Crippen LogP contribution in [0.2, 0.25) is 5.15 Å². The highest BCUT2D eigenvalue weighted by atomic mass is 35.5.